The molecule has 0 fully saturated rings. The second-order valence-electron chi connectivity index (χ2n) is 2.85. The SMILES string of the molecule is CNC(=O)C(C)(C)CN=[N+]=[N-]. The Balaban J connectivity index is 4.20. The van der Waals surface area contributed by atoms with Crippen LogP contribution in [0.25, 0.3) is 10.4 Å². The molecule has 0 aliphatic rings. The molecular formula is C6H12N4O. The quantitative estimate of drug-likeness (QED) is 0.370. The van der Waals surface area contributed by atoms with Crippen LogP contribution in [0.1, 0.15) is 13.8 Å². The molecule has 0 aromatic rings. The molecule has 0 saturated carbocycles. The van der Waals surface area contributed by atoms with E-state index in [1.807, 2.05) is 0 Å². The summed E-state index contributed by atoms with van der Waals surface area (Å²) >= 11 is 0. The number of amides is 1. The first-order valence-corrected chi connectivity index (χ1v) is 3.27. The minimum atomic E-state index is -0.610. The van der Waals surface area contributed by atoms with Gasteiger partial charge in [0.2, 0.25) is 5.91 Å². The molecule has 0 aliphatic carbocycles. The topological polar surface area (TPSA) is 77.9 Å². The Morgan fingerprint density at radius 3 is 2.64 bits per heavy atom. The van der Waals surface area contributed by atoms with Crippen molar-refractivity contribution < 1.29 is 4.79 Å². The van der Waals surface area contributed by atoms with Gasteiger partial charge in [0.25, 0.3) is 0 Å². The van der Waals surface area contributed by atoms with Crippen molar-refractivity contribution in [2.45, 2.75) is 13.8 Å². The number of rotatable bonds is 3. The van der Waals surface area contributed by atoms with Gasteiger partial charge in [-0.2, -0.15) is 0 Å². The highest BCUT2D eigenvalue weighted by molar-refractivity contribution is 5.81. The smallest absolute Gasteiger partial charge is 0.225 e. The molecule has 0 rings (SSSR count). The van der Waals surface area contributed by atoms with Crippen LogP contribution >= 0.6 is 0 Å². The Kier molecular flexibility index (Phi) is 3.40. The fourth-order valence-corrected chi connectivity index (χ4v) is 0.619. The van der Waals surface area contributed by atoms with Gasteiger partial charge in [0.05, 0.1) is 0 Å². The molecule has 0 saturated heterocycles. The summed E-state index contributed by atoms with van der Waals surface area (Å²) in [6.45, 7) is 3.63. The van der Waals surface area contributed by atoms with Crippen LogP contribution in [0.15, 0.2) is 5.11 Å². The molecule has 62 valence electrons. The van der Waals surface area contributed by atoms with Gasteiger partial charge < -0.3 is 5.32 Å². The molecule has 5 nitrogen and oxygen atoms in total. The van der Waals surface area contributed by atoms with Crippen molar-refractivity contribution in [3.8, 4) is 0 Å². The molecular weight excluding hydrogens is 144 g/mol. The third-order valence-corrected chi connectivity index (χ3v) is 1.37. The van der Waals surface area contributed by atoms with E-state index in [4.69, 9.17) is 5.53 Å². The molecule has 0 aromatic carbocycles. The van der Waals surface area contributed by atoms with Gasteiger partial charge in [-0.1, -0.05) is 19.0 Å². The van der Waals surface area contributed by atoms with Crippen molar-refractivity contribution in [2.24, 2.45) is 10.5 Å². The van der Waals surface area contributed by atoms with Gasteiger partial charge >= 0.3 is 0 Å². The van der Waals surface area contributed by atoms with Gasteiger partial charge in [0.15, 0.2) is 0 Å². The molecule has 5 heteroatoms. The van der Waals surface area contributed by atoms with Gasteiger partial charge in [-0.15, -0.1) is 0 Å². The van der Waals surface area contributed by atoms with Crippen LogP contribution in [0.4, 0.5) is 0 Å². The summed E-state index contributed by atoms with van der Waals surface area (Å²) in [6.07, 6.45) is 0. The van der Waals surface area contributed by atoms with E-state index < -0.39 is 5.41 Å². The molecule has 0 bridgehead atoms. The van der Waals surface area contributed by atoms with Crippen LogP contribution in [0.5, 0.6) is 0 Å². The Morgan fingerprint density at radius 1 is 1.73 bits per heavy atom. The monoisotopic (exact) mass is 156 g/mol. The second-order valence-corrected chi connectivity index (χ2v) is 2.85. The van der Waals surface area contributed by atoms with Crippen LogP contribution in [-0.2, 0) is 4.79 Å². The van der Waals surface area contributed by atoms with Crippen LogP contribution in [-0.4, -0.2) is 19.5 Å². The summed E-state index contributed by atoms with van der Waals surface area (Å²) in [7, 11) is 1.56. The van der Waals surface area contributed by atoms with Crippen molar-refractivity contribution >= 4 is 5.91 Å². The lowest BCUT2D eigenvalue weighted by atomic mass is 9.93. The van der Waals surface area contributed by atoms with Crippen molar-refractivity contribution in [3.63, 3.8) is 0 Å². The van der Waals surface area contributed by atoms with Crippen molar-refractivity contribution in [1.82, 2.24) is 5.32 Å². The molecule has 0 radical (unpaired) electrons. The highest BCUT2D eigenvalue weighted by Crippen LogP contribution is 2.14. The van der Waals surface area contributed by atoms with Crippen molar-refractivity contribution in [2.75, 3.05) is 13.6 Å². The molecule has 11 heavy (non-hydrogen) atoms. The maximum Gasteiger partial charge on any atom is 0.225 e. The lowest BCUT2D eigenvalue weighted by Gasteiger charge is -2.18. The highest BCUT2D eigenvalue weighted by Gasteiger charge is 2.25. The molecule has 0 unspecified atom stereocenters. The Morgan fingerprint density at radius 2 is 2.27 bits per heavy atom. The summed E-state index contributed by atoms with van der Waals surface area (Å²) in [5.74, 6) is -0.120. The number of carbonyl (C=O) groups is 1. The Labute approximate surface area is 65.4 Å². The lowest BCUT2D eigenvalue weighted by Crippen LogP contribution is -2.36. The summed E-state index contributed by atoms with van der Waals surface area (Å²) in [5.41, 5.74) is 7.40. The molecule has 0 heterocycles. The normalized spacial score (nSPS) is 10.1. The summed E-state index contributed by atoms with van der Waals surface area (Å²) in [6, 6.07) is 0. The minimum absolute atomic E-state index is 0.120. The zero-order valence-electron chi connectivity index (χ0n) is 6.96. The minimum Gasteiger partial charge on any atom is -0.359 e. The van der Waals surface area contributed by atoms with E-state index in [9.17, 15) is 4.79 Å². The number of nitrogens with zero attached hydrogens (tertiary/aromatic N) is 3. The van der Waals surface area contributed by atoms with Crippen LogP contribution in [0.3, 0.4) is 0 Å². The maximum atomic E-state index is 11.0. The molecule has 0 aromatic heterocycles. The lowest BCUT2D eigenvalue weighted by molar-refractivity contribution is -0.128. The average molecular weight is 156 g/mol. The van der Waals surface area contributed by atoms with Gasteiger partial charge in [-0.3, -0.25) is 4.79 Å². The maximum absolute atomic E-state index is 11.0. The van der Waals surface area contributed by atoms with E-state index in [0.29, 0.717) is 0 Å². The zero-order valence-corrected chi connectivity index (χ0v) is 6.96. The third-order valence-electron chi connectivity index (χ3n) is 1.37. The van der Waals surface area contributed by atoms with Crippen LogP contribution in [0, 0.1) is 5.41 Å². The predicted molar refractivity (Wildman–Crippen MR) is 41.9 cm³/mol. The van der Waals surface area contributed by atoms with Gasteiger partial charge in [-0.25, -0.2) is 0 Å². The van der Waals surface area contributed by atoms with Gasteiger partial charge in [0, 0.05) is 23.9 Å². The van der Waals surface area contributed by atoms with Gasteiger partial charge in [-0.05, 0) is 5.53 Å². The summed E-state index contributed by atoms with van der Waals surface area (Å²) < 4.78 is 0. The van der Waals surface area contributed by atoms with E-state index in [1.165, 1.54) is 0 Å². The fraction of sp³-hybridized carbons (Fsp3) is 0.833. The highest BCUT2D eigenvalue weighted by atomic mass is 16.2. The Hall–Kier alpha value is -1.22. The second kappa shape index (κ2) is 3.83. The van der Waals surface area contributed by atoms with Crippen LogP contribution < -0.4 is 5.32 Å². The van der Waals surface area contributed by atoms with E-state index >= 15 is 0 Å². The van der Waals surface area contributed by atoms with E-state index in [2.05, 4.69) is 15.3 Å². The van der Waals surface area contributed by atoms with Gasteiger partial charge in [0.1, 0.15) is 0 Å². The average Bonchev–Trinajstić information content (AvgIpc) is 1.99. The van der Waals surface area contributed by atoms with Crippen LogP contribution in [0.2, 0.25) is 0 Å². The first-order valence-electron chi connectivity index (χ1n) is 3.27. The summed E-state index contributed by atoms with van der Waals surface area (Å²) in [5, 5.41) is 5.82. The standard InChI is InChI=1S/C6H12N4O/c1-6(2,4-9-10-7)5(11)8-3/h4H2,1-3H3,(H,8,11). The first-order chi connectivity index (χ1) is 5.04. The number of hydrogen-bond donors (Lipinski definition) is 1. The predicted octanol–water partition coefficient (Wildman–Crippen LogP) is 1.07. The Bertz CT molecular complexity index is 193. The number of carbonyl (C=O) groups excluding carboxylic acids is 1. The van der Waals surface area contributed by atoms with E-state index in [1.54, 1.807) is 20.9 Å². The number of hydrogen-bond acceptors (Lipinski definition) is 2. The molecule has 0 aliphatic heterocycles. The molecule has 0 spiro atoms. The third kappa shape index (κ3) is 2.91. The molecule has 0 atom stereocenters. The molecule has 1 N–H and O–H groups in total. The number of nitrogens with one attached hydrogen (secondary N) is 1. The van der Waals surface area contributed by atoms with E-state index in [-0.39, 0.29) is 12.5 Å². The number of azide groups is 1. The van der Waals surface area contributed by atoms with Crippen molar-refractivity contribution in [3.05, 3.63) is 10.4 Å². The fourth-order valence-electron chi connectivity index (χ4n) is 0.619. The van der Waals surface area contributed by atoms with E-state index in [0.717, 1.165) is 0 Å². The zero-order chi connectivity index (χ0) is 8.91. The summed E-state index contributed by atoms with van der Waals surface area (Å²) in [4.78, 5) is 13.6. The largest absolute Gasteiger partial charge is 0.359 e. The first kappa shape index (κ1) is 9.78. The molecule has 1 amide bonds. The van der Waals surface area contributed by atoms with Crippen molar-refractivity contribution in [1.29, 1.82) is 0 Å².